The quantitative estimate of drug-likeness (QED) is 0.432. The fourth-order valence-corrected chi connectivity index (χ4v) is 1.56. The summed E-state index contributed by atoms with van der Waals surface area (Å²) in [5.74, 6) is -4.28. The number of esters is 2. The maximum Gasteiger partial charge on any atom is 0.430 e. The van der Waals surface area contributed by atoms with Gasteiger partial charge in [-0.25, -0.2) is 9.59 Å². The molecule has 0 heterocycles. The Morgan fingerprint density at radius 1 is 0.923 bits per heavy atom. The summed E-state index contributed by atoms with van der Waals surface area (Å²) >= 11 is 0. The largest absolute Gasteiger partial charge is 0.453 e. The summed E-state index contributed by atoms with van der Waals surface area (Å²) < 4.78 is 120. The lowest BCUT2D eigenvalue weighted by Crippen LogP contribution is -2.70. The summed E-state index contributed by atoms with van der Waals surface area (Å²) in [4.78, 5) is 22.2. The number of ether oxygens (including phenoxy) is 2. The number of aliphatic hydroxyl groups is 1. The van der Waals surface area contributed by atoms with E-state index in [0.717, 1.165) is 0 Å². The van der Waals surface area contributed by atoms with Gasteiger partial charge >= 0.3 is 30.5 Å². The summed E-state index contributed by atoms with van der Waals surface area (Å²) in [6.07, 6.45) is -17.9. The van der Waals surface area contributed by atoms with Crippen molar-refractivity contribution in [1.29, 1.82) is 0 Å². The first-order chi connectivity index (χ1) is 11.2. The van der Waals surface area contributed by atoms with Crippen LogP contribution in [0, 0.1) is 0 Å². The van der Waals surface area contributed by atoms with E-state index >= 15 is 0 Å². The number of hydrogen-bond acceptors (Lipinski definition) is 5. The molecule has 5 nitrogen and oxygen atoms in total. The van der Waals surface area contributed by atoms with E-state index in [4.69, 9.17) is 5.11 Å². The molecule has 0 fully saturated rings. The van der Waals surface area contributed by atoms with Gasteiger partial charge in [0.2, 0.25) is 0 Å². The molecule has 0 saturated heterocycles. The topological polar surface area (TPSA) is 72.8 Å². The van der Waals surface area contributed by atoms with Crippen LogP contribution in [0.15, 0.2) is 12.2 Å². The van der Waals surface area contributed by atoms with Crippen LogP contribution >= 0.6 is 0 Å². The third-order valence-corrected chi connectivity index (χ3v) is 2.97. The standard InChI is InChI=1S/C12H11F9O5/c1-5(9(13,14)15)7(23)25-4-6(22)26-8(2,3)10(24,11(16,17)18)12(19,20)21/h24H,1,4H2,2-3H3. The summed E-state index contributed by atoms with van der Waals surface area (Å²) in [5.41, 5.74) is -11.3. The highest BCUT2D eigenvalue weighted by Crippen LogP contribution is 2.50. The van der Waals surface area contributed by atoms with Crippen molar-refractivity contribution in [2.24, 2.45) is 0 Å². The molecule has 0 radical (unpaired) electrons. The average Bonchev–Trinajstić information content (AvgIpc) is 2.38. The highest BCUT2D eigenvalue weighted by atomic mass is 19.4. The number of rotatable bonds is 5. The average molecular weight is 406 g/mol. The first-order valence-corrected chi connectivity index (χ1v) is 6.19. The van der Waals surface area contributed by atoms with Gasteiger partial charge in [-0.15, -0.1) is 0 Å². The second-order valence-electron chi connectivity index (χ2n) is 5.24. The maximum absolute atomic E-state index is 12.7. The Kier molecular flexibility index (Phi) is 6.43. The maximum atomic E-state index is 12.7. The van der Waals surface area contributed by atoms with E-state index in [2.05, 4.69) is 16.1 Å². The van der Waals surface area contributed by atoms with Crippen LogP contribution in [0.1, 0.15) is 13.8 Å². The minimum absolute atomic E-state index is 0.0579. The predicted octanol–water partition coefficient (Wildman–Crippen LogP) is 2.83. The summed E-state index contributed by atoms with van der Waals surface area (Å²) in [6, 6.07) is 0. The van der Waals surface area contributed by atoms with Gasteiger partial charge in [0, 0.05) is 0 Å². The van der Waals surface area contributed by atoms with E-state index in [1.54, 1.807) is 0 Å². The van der Waals surface area contributed by atoms with Crippen molar-refractivity contribution in [2.45, 2.75) is 43.6 Å². The summed E-state index contributed by atoms with van der Waals surface area (Å²) in [7, 11) is 0. The highest BCUT2D eigenvalue weighted by molar-refractivity contribution is 5.90. The smallest absolute Gasteiger partial charge is 0.430 e. The van der Waals surface area contributed by atoms with E-state index in [9.17, 15) is 49.1 Å². The van der Waals surface area contributed by atoms with Crippen LogP contribution in [0.3, 0.4) is 0 Å². The van der Waals surface area contributed by atoms with Gasteiger partial charge < -0.3 is 14.6 Å². The Balaban J connectivity index is 5.29. The SMILES string of the molecule is C=C(C(=O)OCC(=O)OC(C)(C)C(O)(C(F)(F)F)C(F)(F)F)C(F)(F)F. The number of halogens is 9. The zero-order valence-electron chi connectivity index (χ0n) is 12.9. The van der Waals surface area contributed by atoms with E-state index in [1.807, 2.05) is 0 Å². The van der Waals surface area contributed by atoms with Crippen molar-refractivity contribution in [3.8, 4) is 0 Å². The second-order valence-corrected chi connectivity index (χ2v) is 5.24. The van der Waals surface area contributed by atoms with Gasteiger partial charge in [0.15, 0.2) is 12.2 Å². The van der Waals surface area contributed by atoms with Gasteiger partial charge in [-0.05, 0) is 13.8 Å². The minimum atomic E-state index is -6.34. The molecule has 14 heteroatoms. The van der Waals surface area contributed by atoms with Crippen molar-refractivity contribution in [3.05, 3.63) is 12.2 Å². The van der Waals surface area contributed by atoms with Crippen LogP contribution in [0.5, 0.6) is 0 Å². The van der Waals surface area contributed by atoms with Gasteiger partial charge in [0.05, 0.1) is 0 Å². The van der Waals surface area contributed by atoms with Crippen LogP contribution < -0.4 is 0 Å². The van der Waals surface area contributed by atoms with E-state index in [-0.39, 0.29) is 13.8 Å². The summed E-state index contributed by atoms with van der Waals surface area (Å²) in [6.45, 7) is 0.648. The van der Waals surface area contributed by atoms with Gasteiger partial charge in [-0.1, -0.05) is 6.58 Å². The molecule has 0 atom stereocenters. The zero-order valence-corrected chi connectivity index (χ0v) is 12.9. The lowest BCUT2D eigenvalue weighted by Gasteiger charge is -2.43. The van der Waals surface area contributed by atoms with Crippen molar-refractivity contribution < 1.29 is 63.7 Å². The molecule has 0 aromatic heterocycles. The number of carbonyl (C=O) groups is 2. The Morgan fingerprint density at radius 2 is 1.31 bits per heavy atom. The third-order valence-electron chi connectivity index (χ3n) is 2.97. The fraction of sp³-hybridized carbons (Fsp3) is 0.667. The van der Waals surface area contributed by atoms with Gasteiger partial charge in [-0.3, -0.25) is 0 Å². The van der Waals surface area contributed by atoms with E-state index in [0.29, 0.717) is 0 Å². The molecule has 0 rings (SSSR count). The fourth-order valence-electron chi connectivity index (χ4n) is 1.56. The Hall–Kier alpha value is -1.99. The molecule has 0 bridgehead atoms. The molecule has 0 aliphatic heterocycles. The first kappa shape index (κ1) is 24.0. The Labute approximate surface area is 139 Å². The van der Waals surface area contributed by atoms with Gasteiger partial charge in [0.1, 0.15) is 5.57 Å². The molecule has 0 saturated carbocycles. The van der Waals surface area contributed by atoms with Crippen LogP contribution in [0.2, 0.25) is 0 Å². The van der Waals surface area contributed by atoms with E-state index in [1.165, 1.54) is 0 Å². The predicted molar refractivity (Wildman–Crippen MR) is 63.4 cm³/mol. The highest BCUT2D eigenvalue weighted by Gasteiger charge is 2.78. The molecular formula is C12H11F9O5. The third kappa shape index (κ3) is 4.80. The van der Waals surface area contributed by atoms with Crippen molar-refractivity contribution in [2.75, 3.05) is 6.61 Å². The van der Waals surface area contributed by atoms with Crippen LogP contribution in [0.25, 0.3) is 0 Å². The first-order valence-electron chi connectivity index (χ1n) is 6.19. The Morgan fingerprint density at radius 3 is 1.62 bits per heavy atom. The van der Waals surface area contributed by atoms with Gasteiger partial charge in [0.25, 0.3) is 5.60 Å². The number of carbonyl (C=O) groups excluding carboxylic acids is 2. The van der Waals surface area contributed by atoms with Crippen molar-refractivity contribution in [3.63, 3.8) is 0 Å². The van der Waals surface area contributed by atoms with Crippen LogP contribution in [0.4, 0.5) is 39.5 Å². The van der Waals surface area contributed by atoms with Gasteiger partial charge in [-0.2, -0.15) is 39.5 Å². The lowest BCUT2D eigenvalue weighted by atomic mass is 9.84. The molecule has 0 aliphatic rings. The van der Waals surface area contributed by atoms with Crippen molar-refractivity contribution in [1.82, 2.24) is 0 Å². The monoisotopic (exact) mass is 406 g/mol. The lowest BCUT2D eigenvalue weighted by molar-refractivity contribution is -0.407. The number of hydrogen-bond donors (Lipinski definition) is 1. The second kappa shape index (κ2) is 6.96. The molecule has 26 heavy (non-hydrogen) atoms. The molecule has 0 aromatic carbocycles. The van der Waals surface area contributed by atoms with E-state index < -0.39 is 53.8 Å². The zero-order chi connectivity index (χ0) is 21.4. The molecule has 0 aromatic rings. The molecule has 0 spiro atoms. The summed E-state index contributed by atoms with van der Waals surface area (Å²) in [5, 5.41) is 9.14. The minimum Gasteiger partial charge on any atom is -0.453 e. The Bertz CT molecular complexity index is 557. The molecule has 0 aliphatic carbocycles. The molecule has 152 valence electrons. The molecular weight excluding hydrogens is 395 g/mol. The van der Waals surface area contributed by atoms with Crippen LogP contribution in [-0.4, -0.2) is 53.4 Å². The van der Waals surface area contributed by atoms with Crippen LogP contribution in [-0.2, 0) is 19.1 Å². The molecule has 1 N–H and O–H groups in total. The van der Waals surface area contributed by atoms with Crippen molar-refractivity contribution >= 4 is 11.9 Å². The molecule has 0 amide bonds. The number of alkyl halides is 9. The molecule has 0 unspecified atom stereocenters. The normalized spacial score (nSPS) is 14.0.